The highest BCUT2D eigenvalue weighted by Gasteiger charge is 2.07. The number of hydrogen-bond donors (Lipinski definition) is 1. The number of hydrazine groups is 2. The number of unbranched alkanes of at least 4 members (excludes halogenated alkanes) is 4. The Labute approximate surface area is 142 Å². The van der Waals surface area contributed by atoms with E-state index in [4.69, 9.17) is 0 Å². The van der Waals surface area contributed by atoms with Crippen molar-refractivity contribution in [1.82, 2.24) is 15.6 Å². The van der Waals surface area contributed by atoms with E-state index in [2.05, 4.69) is 50.2 Å². The van der Waals surface area contributed by atoms with Crippen LogP contribution in [0.1, 0.15) is 57.1 Å². The third-order valence-electron chi connectivity index (χ3n) is 3.72. The van der Waals surface area contributed by atoms with Gasteiger partial charge >= 0.3 is 0 Å². The van der Waals surface area contributed by atoms with Crippen LogP contribution in [0.25, 0.3) is 0 Å². The molecule has 0 fully saturated rings. The summed E-state index contributed by atoms with van der Waals surface area (Å²) in [5, 5.41) is 3.97. The molecule has 2 rings (SSSR count). The van der Waals surface area contributed by atoms with Gasteiger partial charge in [0.25, 0.3) is 0 Å². The Morgan fingerprint density at radius 2 is 1.57 bits per heavy atom. The Balaban J connectivity index is 0.000000322. The lowest BCUT2D eigenvalue weighted by molar-refractivity contribution is 0.155. The maximum absolute atomic E-state index is 3.74. The fourth-order valence-electron chi connectivity index (χ4n) is 2.36. The molecule has 0 atom stereocenters. The minimum atomic E-state index is 0.870. The van der Waals surface area contributed by atoms with Gasteiger partial charge in [0, 0.05) is 19.4 Å². The van der Waals surface area contributed by atoms with E-state index in [1.54, 1.807) is 0 Å². The fourth-order valence-corrected chi connectivity index (χ4v) is 2.36. The van der Waals surface area contributed by atoms with Gasteiger partial charge in [0.1, 0.15) is 0 Å². The lowest BCUT2D eigenvalue weighted by atomic mass is 10.1. The third-order valence-corrected chi connectivity index (χ3v) is 3.72. The third kappa shape index (κ3) is 8.46. The average molecular weight is 316 g/mol. The van der Waals surface area contributed by atoms with Crippen molar-refractivity contribution in [2.24, 2.45) is 0 Å². The van der Waals surface area contributed by atoms with Gasteiger partial charge < -0.3 is 0 Å². The first-order valence-electron chi connectivity index (χ1n) is 8.82. The Morgan fingerprint density at radius 3 is 2.04 bits per heavy atom. The van der Waals surface area contributed by atoms with Crippen LogP contribution in [-0.2, 0) is 13.0 Å². The van der Waals surface area contributed by atoms with Gasteiger partial charge in [-0.2, -0.15) is 0 Å². The highest BCUT2D eigenvalue weighted by atomic mass is 15.8. The van der Waals surface area contributed by atoms with E-state index in [9.17, 15) is 0 Å². The van der Waals surface area contributed by atoms with Gasteiger partial charge in [0.05, 0.1) is 6.54 Å². The number of nitrogens with zero attached hydrogens (tertiary/aromatic N) is 2. The lowest BCUT2D eigenvalue weighted by Gasteiger charge is -2.19. The van der Waals surface area contributed by atoms with E-state index in [0.717, 1.165) is 13.0 Å². The molecule has 1 N–H and O–H groups in total. The summed E-state index contributed by atoms with van der Waals surface area (Å²) >= 11 is 0. The predicted molar refractivity (Wildman–Crippen MR) is 100 cm³/mol. The molecule has 0 aromatic heterocycles. The van der Waals surface area contributed by atoms with Crippen LogP contribution in [0.3, 0.4) is 0 Å². The SMILES string of the molecule is C=CCc1ccc(CN2C=CN(C)N2)cc1.CCCCCCC. The average Bonchev–Trinajstić information content (AvgIpc) is 2.96. The monoisotopic (exact) mass is 315 g/mol. The number of hydrogen-bond acceptors (Lipinski definition) is 3. The molecule has 0 saturated heterocycles. The van der Waals surface area contributed by atoms with Crippen LogP contribution in [0.4, 0.5) is 0 Å². The first-order chi connectivity index (χ1) is 11.2. The van der Waals surface area contributed by atoms with E-state index in [1.807, 2.05) is 35.5 Å². The summed E-state index contributed by atoms with van der Waals surface area (Å²) in [6.07, 6.45) is 13.9. The van der Waals surface area contributed by atoms with E-state index in [-0.39, 0.29) is 0 Å². The minimum absolute atomic E-state index is 0.870. The molecule has 0 saturated carbocycles. The van der Waals surface area contributed by atoms with Crippen LogP contribution in [0.2, 0.25) is 0 Å². The van der Waals surface area contributed by atoms with Crippen molar-refractivity contribution in [2.45, 2.75) is 58.9 Å². The second kappa shape index (κ2) is 11.8. The summed E-state index contributed by atoms with van der Waals surface area (Å²) in [6, 6.07) is 8.63. The van der Waals surface area contributed by atoms with Gasteiger partial charge in [0.2, 0.25) is 0 Å². The van der Waals surface area contributed by atoms with Crippen molar-refractivity contribution in [1.29, 1.82) is 0 Å². The van der Waals surface area contributed by atoms with E-state index in [1.165, 1.54) is 43.2 Å². The van der Waals surface area contributed by atoms with Gasteiger partial charge in [-0.05, 0) is 17.5 Å². The highest BCUT2D eigenvalue weighted by molar-refractivity contribution is 5.24. The first-order valence-corrected chi connectivity index (χ1v) is 8.82. The standard InChI is InChI=1S/C13H17N3.C7H16/c1-3-4-12-5-7-13(8-6-12)11-16-10-9-15(2)14-16;1-3-5-7-6-4-2/h3,5-10,14H,1,4,11H2,2H3;3-7H2,1-2H3. The summed E-state index contributed by atoms with van der Waals surface area (Å²) in [7, 11) is 1.98. The molecule has 1 aliphatic rings. The zero-order chi connectivity index (χ0) is 16.9. The van der Waals surface area contributed by atoms with Crippen LogP contribution >= 0.6 is 0 Å². The van der Waals surface area contributed by atoms with Crippen molar-refractivity contribution in [3.8, 4) is 0 Å². The molecule has 1 aromatic carbocycles. The molecular weight excluding hydrogens is 282 g/mol. The summed E-state index contributed by atoms with van der Waals surface area (Å²) < 4.78 is 0. The lowest BCUT2D eigenvalue weighted by Crippen LogP contribution is -2.36. The largest absolute Gasteiger partial charge is 0.300 e. The van der Waals surface area contributed by atoms with Gasteiger partial charge in [-0.15, -0.1) is 12.1 Å². The van der Waals surface area contributed by atoms with Crippen LogP contribution in [-0.4, -0.2) is 17.1 Å². The van der Waals surface area contributed by atoms with Crippen LogP contribution < -0.4 is 5.53 Å². The van der Waals surface area contributed by atoms with Gasteiger partial charge in [-0.1, -0.05) is 76.3 Å². The van der Waals surface area contributed by atoms with E-state index < -0.39 is 0 Å². The number of allylic oxidation sites excluding steroid dienone is 1. The van der Waals surface area contributed by atoms with Crippen LogP contribution in [0.15, 0.2) is 49.3 Å². The smallest absolute Gasteiger partial charge is 0.0606 e. The molecule has 0 spiro atoms. The maximum Gasteiger partial charge on any atom is 0.0606 e. The van der Waals surface area contributed by atoms with Crippen molar-refractivity contribution in [3.05, 3.63) is 60.4 Å². The molecule has 0 radical (unpaired) electrons. The normalized spacial score (nSPS) is 13.0. The number of benzene rings is 1. The minimum Gasteiger partial charge on any atom is -0.300 e. The molecule has 3 heteroatoms. The van der Waals surface area contributed by atoms with E-state index >= 15 is 0 Å². The zero-order valence-corrected chi connectivity index (χ0v) is 15.1. The molecule has 1 aliphatic heterocycles. The van der Waals surface area contributed by atoms with Crippen molar-refractivity contribution < 1.29 is 0 Å². The zero-order valence-electron chi connectivity index (χ0n) is 15.1. The second-order valence-corrected chi connectivity index (χ2v) is 6.01. The highest BCUT2D eigenvalue weighted by Crippen LogP contribution is 2.09. The Kier molecular flexibility index (Phi) is 9.89. The van der Waals surface area contributed by atoms with Gasteiger partial charge in [-0.3, -0.25) is 10.0 Å². The maximum atomic E-state index is 3.74. The van der Waals surface area contributed by atoms with Crippen molar-refractivity contribution >= 4 is 0 Å². The fraction of sp³-hybridized carbons (Fsp3) is 0.500. The molecule has 23 heavy (non-hydrogen) atoms. The Bertz CT molecular complexity index is 446. The predicted octanol–water partition coefficient (Wildman–Crippen LogP) is 5.03. The molecule has 128 valence electrons. The van der Waals surface area contributed by atoms with Crippen LogP contribution in [0, 0.1) is 0 Å². The summed E-state index contributed by atoms with van der Waals surface area (Å²) in [5.41, 5.74) is 5.78. The van der Waals surface area contributed by atoms with Crippen molar-refractivity contribution in [2.75, 3.05) is 7.05 Å². The summed E-state index contributed by atoms with van der Waals surface area (Å²) in [4.78, 5) is 0. The van der Waals surface area contributed by atoms with Gasteiger partial charge in [0.15, 0.2) is 0 Å². The molecule has 0 amide bonds. The molecule has 0 aliphatic carbocycles. The molecule has 0 bridgehead atoms. The second-order valence-electron chi connectivity index (χ2n) is 6.01. The molecular formula is C20H33N3. The Morgan fingerprint density at radius 1 is 0.957 bits per heavy atom. The number of rotatable bonds is 8. The molecule has 3 nitrogen and oxygen atoms in total. The molecule has 1 heterocycles. The molecule has 1 aromatic rings. The summed E-state index contributed by atoms with van der Waals surface area (Å²) in [5.74, 6) is 0. The topological polar surface area (TPSA) is 18.5 Å². The summed E-state index contributed by atoms with van der Waals surface area (Å²) in [6.45, 7) is 9.10. The quantitative estimate of drug-likeness (QED) is 0.536. The van der Waals surface area contributed by atoms with Crippen LogP contribution in [0.5, 0.6) is 0 Å². The van der Waals surface area contributed by atoms with Gasteiger partial charge in [-0.25, -0.2) is 0 Å². The molecule has 0 unspecified atom stereocenters. The Hall–Kier alpha value is -1.74. The number of nitrogens with one attached hydrogen (secondary N) is 1. The van der Waals surface area contributed by atoms with E-state index in [0.29, 0.717) is 0 Å². The van der Waals surface area contributed by atoms with Crippen molar-refractivity contribution in [3.63, 3.8) is 0 Å². The first kappa shape index (κ1) is 19.3.